The van der Waals surface area contributed by atoms with E-state index in [1.54, 1.807) is 0 Å². The molecule has 17 heavy (non-hydrogen) atoms. The first-order chi connectivity index (χ1) is 8.06. The molecule has 4 heteroatoms. The summed E-state index contributed by atoms with van der Waals surface area (Å²) >= 11 is 6.01. The Hall–Kier alpha value is 0.190. The molecule has 1 unspecified atom stereocenters. The van der Waals surface area contributed by atoms with E-state index in [9.17, 15) is 0 Å². The number of hydrogen-bond acceptors (Lipinski definition) is 2. The molecular formula is C13H18BrIN2. The lowest BCUT2D eigenvalue weighted by atomic mass is 10.2. The SMILES string of the molecule is CC(C)NC1CCN(c2ccc(I)cc2Br)C1. The Kier molecular flexibility index (Phi) is 4.72. The van der Waals surface area contributed by atoms with E-state index in [2.05, 4.69) is 80.8 Å². The summed E-state index contributed by atoms with van der Waals surface area (Å²) in [4.78, 5) is 2.46. The molecule has 0 amide bonds. The molecule has 1 heterocycles. The number of nitrogens with one attached hydrogen (secondary N) is 1. The molecule has 1 aromatic rings. The molecule has 1 aromatic carbocycles. The maximum Gasteiger partial charge on any atom is 0.0511 e. The van der Waals surface area contributed by atoms with Crippen LogP contribution in [-0.2, 0) is 0 Å². The van der Waals surface area contributed by atoms with Crippen LogP contribution in [0.5, 0.6) is 0 Å². The molecule has 1 fully saturated rings. The van der Waals surface area contributed by atoms with Crippen molar-refractivity contribution in [2.75, 3.05) is 18.0 Å². The Bertz CT molecular complexity index is 395. The highest BCUT2D eigenvalue weighted by molar-refractivity contribution is 14.1. The molecule has 2 nitrogen and oxygen atoms in total. The first-order valence-electron chi connectivity index (χ1n) is 6.02. The minimum atomic E-state index is 0.570. The Labute approximate surface area is 125 Å². The summed E-state index contributed by atoms with van der Waals surface area (Å²) in [6.07, 6.45) is 1.23. The third-order valence-corrected chi connectivity index (χ3v) is 4.31. The van der Waals surface area contributed by atoms with Gasteiger partial charge in [0.25, 0.3) is 0 Å². The van der Waals surface area contributed by atoms with Crippen LogP contribution in [0.25, 0.3) is 0 Å². The van der Waals surface area contributed by atoms with E-state index in [-0.39, 0.29) is 0 Å². The minimum Gasteiger partial charge on any atom is -0.369 e. The van der Waals surface area contributed by atoms with E-state index in [0.717, 1.165) is 13.1 Å². The van der Waals surface area contributed by atoms with E-state index in [1.165, 1.54) is 20.2 Å². The first-order valence-corrected chi connectivity index (χ1v) is 7.89. The van der Waals surface area contributed by atoms with Crippen molar-refractivity contribution in [2.45, 2.75) is 32.4 Å². The number of hydrogen-bond donors (Lipinski definition) is 1. The van der Waals surface area contributed by atoms with Crippen LogP contribution in [0, 0.1) is 3.57 Å². The van der Waals surface area contributed by atoms with Crippen LogP contribution in [0.3, 0.4) is 0 Å². The van der Waals surface area contributed by atoms with Crippen LogP contribution >= 0.6 is 38.5 Å². The number of nitrogens with zero attached hydrogens (tertiary/aromatic N) is 1. The van der Waals surface area contributed by atoms with Crippen molar-refractivity contribution < 1.29 is 0 Å². The summed E-state index contributed by atoms with van der Waals surface area (Å²) in [6.45, 7) is 6.67. The number of halogens is 2. The van der Waals surface area contributed by atoms with Gasteiger partial charge in [-0.25, -0.2) is 0 Å². The van der Waals surface area contributed by atoms with Gasteiger partial charge in [-0.3, -0.25) is 0 Å². The molecule has 0 aromatic heterocycles. The summed E-state index contributed by atoms with van der Waals surface area (Å²) < 4.78 is 2.48. The summed E-state index contributed by atoms with van der Waals surface area (Å²) in [5, 5.41) is 3.61. The fourth-order valence-electron chi connectivity index (χ4n) is 2.32. The predicted molar refractivity (Wildman–Crippen MR) is 85.7 cm³/mol. The van der Waals surface area contributed by atoms with Crippen LogP contribution in [0.2, 0.25) is 0 Å². The fourth-order valence-corrected chi connectivity index (χ4v) is 3.87. The number of anilines is 1. The minimum absolute atomic E-state index is 0.570. The molecule has 0 spiro atoms. The fraction of sp³-hybridized carbons (Fsp3) is 0.538. The van der Waals surface area contributed by atoms with E-state index in [4.69, 9.17) is 0 Å². The predicted octanol–water partition coefficient (Wildman–Crippen LogP) is 3.63. The highest BCUT2D eigenvalue weighted by Gasteiger charge is 2.23. The normalized spacial score (nSPS) is 20.3. The van der Waals surface area contributed by atoms with Crippen LogP contribution in [0.4, 0.5) is 5.69 Å². The van der Waals surface area contributed by atoms with Gasteiger partial charge in [-0.05, 0) is 63.1 Å². The third kappa shape index (κ3) is 3.58. The summed E-state index contributed by atoms with van der Waals surface area (Å²) in [5.41, 5.74) is 1.32. The zero-order valence-corrected chi connectivity index (χ0v) is 14.0. The van der Waals surface area contributed by atoms with Gasteiger partial charge in [-0.15, -0.1) is 0 Å². The lowest BCUT2D eigenvalue weighted by Gasteiger charge is -2.21. The zero-order chi connectivity index (χ0) is 12.4. The molecule has 94 valence electrons. The zero-order valence-electron chi connectivity index (χ0n) is 10.2. The van der Waals surface area contributed by atoms with Crippen LogP contribution in [0.1, 0.15) is 20.3 Å². The van der Waals surface area contributed by atoms with Gasteiger partial charge in [-0.1, -0.05) is 13.8 Å². The van der Waals surface area contributed by atoms with Gasteiger partial charge in [0.05, 0.1) is 5.69 Å². The smallest absolute Gasteiger partial charge is 0.0511 e. The van der Waals surface area contributed by atoms with Crippen molar-refractivity contribution in [2.24, 2.45) is 0 Å². The highest BCUT2D eigenvalue weighted by atomic mass is 127. The van der Waals surface area contributed by atoms with Gasteiger partial charge in [0.1, 0.15) is 0 Å². The van der Waals surface area contributed by atoms with Gasteiger partial charge in [0.2, 0.25) is 0 Å². The third-order valence-electron chi connectivity index (χ3n) is 3.01. The van der Waals surface area contributed by atoms with E-state index in [1.807, 2.05) is 0 Å². The van der Waals surface area contributed by atoms with Crippen LogP contribution in [0.15, 0.2) is 22.7 Å². The first kappa shape index (κ1) is 13.6. The quantitative estimate of drug-likeness (QED) is 0.768. The van der Waals surface area contributed by atoms with Gasteiger partial charge in [0, 0.05) is 33.2 Å². The van der Waals surface area contributed by atoms with Crippen LogP contribution in [-0.4, -0.2) is 25.2 Å². The molecule has 0 aliphatic carbocycles. The van der Waals surface area contributed by atoms with Crippen molar-refractivity contribution in [3.63, 3.8) is 0 Å². The van der Waals surface area contributed by atoms with E-state index in [0.29, 0.717) is 12.1 Å². The van der Waals surface area contributed by atoms with Gasteiger partial charge in [-0.2, -0.15) is 0 Å². The molecule has 0 bridgehead atoms. The second kappa shape index (κ2) is 5.89. The second-order valence-electron chi connectivity index (χ2n) is 4.85. The molecule has 1 atom stereocenters. The van der Waals surface area contributed by atoms with Crippen molar-refractivity contribution in [3.05, 3.63) is 26.2 Å². The van der Waals surface area contributed by atoms with E-state index < -0.39 is 0 Å². The summed E-state index contributed by atoms with van der Waals surface area (Å²) in [5.74, 6) is 0. The maximum atomic E-state index is 3.66. The second-order valence-corrected chi connectivity index (χ2v) is 6.95. The average molecular weight is 409 g/mol. The summed E-state index contributed by atoms with van der Waals surface area (Å²) in [7, 11) is 0. The molecule has 0 radical (unpaired) electrons. The van der Waals surface area contributed by atoms with Crippen molar-refractivity contribution in [1.29, 1.82) is 0 Å². The average Bonchev–Trinajstić information content (AvgIpc) is 2.65. The van der Waals surface area contributed by atoms with Crippen molar-refractivity contribution >= 4 is 44.2 Å². The largest absolute Gasteiger partial charge is 0.369 e. The van der Waals surface area contributed by atoms with Gasteiger partial charge < -0.3 is 10.2 Å². The van der Waals surface area contributed by atoms with Gasteiger partial charge >= 0.3 is 0 Å². The molecule has 0 saturated carbocycles. The Balaban J connectivity index is 2.05. The molecule has 1 N–H and O–H groups in total. The Morgan fingerprint density at radius 1 is 1.47 bits per heavy atom. The lowest BCUT2D eigenvalue weighted by Crippen LogP contribution is -2.37. The topological polar surface area (TPSA) is 15.3 Å². The lowest BCUT2D eigenvalue weighted by molar-refractivity contribution is 0.492. The number of rotatable bonds is 3. The Morgan fingerprint density at radius 3 is 2.88 bits per heavy atom. The monoisotopic (exact) mass is 408 g/mol. The van der Waals surface area contributed by atoms with Crippen molar-refractivity contribution in [1.82, 2.24) is 5.32 Å². The molecule has 1 aliphatic rings. The highest BCUT2D eigenvalue weighted by Crippen LogP contribution is 2.30. The molecular weight excluding hydrogens is 391 g/mol. The summed E-state index contributed by atoms with van der Waals surface area (Å²) in [6, 6.07) is 7.76. The van der Waals surface area contributed by atoms with Crippen LogP contribution < -0.4 is 10.2 Å². The van der Waals surface area contributed by atoms with E-state index >= 15 is 0 Å². The molecule has 1 aliphatic heterocycles. The van der Waals surface area contributed by atoms with Gasteiger partial charge in [0.15, 0.2) is 0 Å². The number of benzene rings is 1. The van der Waals surface area contributed by atoms with Crippen molar-refractivity contribution in [3.8, 4) is 0 Å². The molecule has 2 rings (SSSR count). The maximum absolute atomic E-state index is 3.66. The molecule has 1 saturated heterocycles. The standard InChI is InChI=1S/C13H18BrIN2/c1-9(2)16-11-5-6-17(8-11)13-4-3-10(15)7-12(13)14/h3-4,7,9,11,16H,5-6,8H2,1-2H3. The Morgan fingerprint density at radius 2 is 2.24 bits per heavy atom.